The number of benzene rings is 1. The van der Waals surface area contributed by atoms with Crippen molar-refractivity contribution >= 4 is 24.3 Å². The highest BCUT2D eigenvalue weighted by Gasteiger charge is 2.22. The van der Waals surface area contributed by atoms with Crippen LogP contribution in [0.3, 0.4) is 0 Å². The number of rotatable bonds is 6. The fraction of sp³-hybridized carbons (Fsp3) is 0.474. The van der Waals surface area contributed by atoms with Crippen LogP contribution in [0.25, 0.3) is 0 Å². The van der Waals surface area contributed by atoms with Crippen LogP contribution in [-0.2, 0) is 17.8 Å². The minimum absolute atomic E-state index is 0. The number of imidazole rings is 1. The highest BCUT2D eigenvalue weighted by molar-refractivity contribution is 5.85. The van der Waals surface area contributed by atoms with Crippen molar-refractivity contribution in [3.63, 3.8) is 0 Å². The molecule has 1 fully saturated rings. The minimum atomic E-state index is 0. The molecule has 0 unspecified atom stereocenters. The molecule has 1 amide bonds. The van der Waals surface area contributed by atoms with Crippen LogP contribution in [0, 0.1) is 0 Å². The molecule has 2 aromatic rings. The molecule has 25 heavy (non-hydrogen) atoms. The smallest absolute Gasteiger partial charge is 0.222 e. The summed E-state index contributed by atoms with van der Waals surface area (Å²) in [5, 5.41) is 0. The summed E-state index contributed by atoms with van der Waals surface area (Å²) in [6, 6.07) is 10.4. The zero-order valence-corrected chi connectivity index (χ0v) is 15.6. The first-order chi connectivity index (χ1) is 11.8. The minimum Gasteiger partial charge on any atom is -0.339 e. The number of carbonyl (C=O) groups excluding carboxylic acids is 1. The van der Waals surface area contributed by atoms with Gasteiger partial charge in [0.15, 0.2) is 0 Å². The third kappa shape index (κ3) is 4.98. The van der Waals surface area contributed by atoms with E-state index in [-0.39, 0.29) is 18.3 Å². The second kappa shape index (κ2) is 9.47. The number of carbonyl (C=O) groups is 1. The quantitative estimate of drug-likeness (QED) is 0.793. The van der Waals surface area contributed by atoms with Crippen molar-refractivity contribution in [2.24, 2.45) is 0 Å². The number of hydrogen-bond acceptors (Lipinski definition) is 3. The number of anilines is 1. The summed E-state index contributed by atoms with van der Waals surface area (Å²) in [4.78, 5) is 21.1. The molecule has 0 aliphatic carbocycles. The van der Waals surface area contributed by atoms with Gasteiger partial charge in [-0.05, 0) is 25.3 Å². The van der Waals surface area contributed by atoms with Crippen molar-refractivity contribution in [2.75, 3.05) is 31.1 Å². The number of amides is 1. The van der Waals surface area contributed by atoms with E-state index in [1.165, 1.54) is 5.56 Å². The highest BCUT2D eigenvalue weighted by Crippen LogP contribution is 2.15. The molecule has 1 saturated heterocycles. The zero-order valence-electron chi connectivity index (χ0n) is 14.8. The van der Waals surface area contributed by atoms with Crippen LogP contribution < -0.4 is 4.90 Å². The number of aromatic nitrogens is 2. The lowest BCUT2D eigenvalue weighted by molar-refractivity contribution is -0.131. The SMILES string of the molecule is CCn1ccnc1N1CCN(C(=O)CCCc2ccccc2)CC1.Cl. The first-order valence-corrected chi connectivity index (χ1v) is 8.85. The third-order valence-electron chi connectivity index (χ3n) is 4.65. The van der Waals surface area contributed by atoms with Gasteiger partial charge in [-0.2, -0.15) is 0 Å². The average molecular weight is 363 g/mol. The van der Waals surface area contributed by atoms with Crippen molar-refractivity contribution in [2.45, 2.75) is 32.7 Å². The largest absolute Gasteiger partial charge is 0.339 e. The van der Waals surface area contributed by atoms with Gasteiger partial charge in [0, 0.05) is 51.5 Å². The molecule has 0 atom stereocenters. The molecule has 0 saturated carbocycles. The maximum Gasteiger partial charge on any atom is 0.222 e. The first kappa shape index (κ1) is 19.3. The summed E-state index contributed by atoms with van der Waals surface area (Å²) in [5.74, 6) is 1.30. The number of hydrogen-bond donors (Lipinski definition) is 0. The fourth-order valence-electron chi connectivity index (χ4n) is 3.23. The van der Waals surface area contributed by atoms with Gasteiger partial charge in [-0.15, -0.1) is 12.4 Å². The van der Waals surface area contributed by atoms with Gasteiger partial charge in [-0.3, -0.25) is 4.79 Å². The van der Waals surface area contributed by atoms with E-state index in [1.807, 2.05) is 23.4 Å². The number of aryl methyl sites for hydroxylation is 2. The molecule has 2 heterocycles. The Hall–Kier alpha value is -2.01. The van der Waals surface area contributed by atoms with E-state index in [2.05, 4.69) is 45.6 Å². The summed E-state index contributed by atoms with van der Waals surface area (Å²) in [5.41, 5.74) is 1.31. The van der Waals surface area contributed by atoms with Crippen LogP contribution >= 0.6 is 12.4 Å². The van der Waals surface area contributed by atoms with Crippen LogP contribution in [0.4, 0.5) is 5.95 Å². The van der Waals surface area contributed by atoms with Gasteiger partial charge in [0.25, 0.3) is 0 Å². The van der Waals surface area contributed by atoms with Crippen LogP contribution in [0.2, 0.25) is 0 Å². The van der Waals surface area contributed by atoms with Crippen molar-refractivity contribution in [3.8, 4) is 0 Å². The van der Waals surface area contributed by atoms with Gasteiger partial charge in [-0.1, -0.05) is 30.3 Å². The van der Waals surface area contributed by atoms with Crippen LogP contribution in [0.15, 0.2) is 42.7 Å². The molecule has 0 radical (unpaired) electrons. The number of piperazine rings is 1. The van der Waals surface area contributed by atoms with Crippen molar-refractivity contribution in [1.82, 2.24) is 14.5 Å². The predicted molar refractivity (Wildman–Crippen MR) is 103 cm³/mol. The van der Waals surface area contributed by atoms with Crippen molar-refractivity contribution in [1.29, 1.82) is 0 Å². The second-order valence-electron chi connectivity index (χ2n) is 6.22. The highest BCUT2D eigenvalue weighted by atomic mass is 35.5. The Labute approximate surface area is 156 Å². The molecule has 1 aliphatic heterocycles. The molecule has 6 heteroatoms. The molecule has 0 N–H and O–H groups in total. The standard InChI is InChI=1S/C19H26N4O.ClH/c1-2-21-12-11-20-19(21)23-15-13-22(14-16-23)18(24)10-6-9-17-7-4-3-5-8-17;/h3-5,7-8,11-12H,2,6,9-10,13-16H2,1H3;1H. The van der Waals surface area contributed by atoms with Crippen LogP contribution in [0.5, 0.6) is 0 Å². The molecule has 0 spiro atoms. The summed E-state index contributed by atoms with van der Waals surface area (Å²) < 4.78 is 2.15. The first-order valence-electron chi connectivity index (χ1n) is 8.85. The van der Waals surface area contributed by atoms with Crippen LogP contribution in [0.1, 0.15) is 25.3 Å². The molecule has 1 aromatic heterocycles. The summed E-state index contributed by atoms with van der Waals surface area (Å²) >= 11 is 0. The van der Waals surface area contributed by atoms with Gasteiger partial charge in [-0.25, -0.2) is 4.98 Å². The van der Waals surface area contributed by atoms with Gasteiger partial charge in [0.05, 0.1) is 0 Å². The number of halogens is 1. The van der Waals surface area contributed by atoms with E-state index in [0.29, 0.717) is 6.42 Å². The third-order valence-corrected chi connectivity index (χ3v) is 4.65. The normalized spacial score (nSPS) is 14.3. The Morgan fingerprint density at radius 3 is 2.52 bits per heavy atom. The van der Waals surface area contributed by atoms with E-state index in [0.717, 1.165) is 51.5 Å². The van der Waals surface area contributed by atoms with Gasteiger partial charge in [0.2, 0.25) is 11.9 Å². The Bertz CT molecular complexity index is 650. The molecule has 136 valence electrons. The number of nitrogens with zero attached hydrogens (tertiary/aromatic N) is 4. The predicted octanol–water partition coefficient (Wildman–Crippen LogP) is 3.00. The summed E-state index contributed by atoms with van der Waals surface area (Å²) in [6.45, 7) is 6.36. The Morgan fingerprint density at radius 1 is 1.12 bits per heavy atom. The molecule has 3 rings (SSSR count). The van der Waals surface area contributed by atoms with Crippen LogP contribution in [-0.4, -0.2) is 46.5 Å². The molecular weight excluding hydrogens is 336 g/mol. The van der Waals surface area contributed by atoms with E-state index in [9.17, 15) is 4.79 Å². The average Bonchev–Trinajstić information content (AvgIpc) is 3.11. The van der Waals surface area contributed by atoms with Gasteiger partial charge in [0.1, 0.15) is 0 Å². The summed E-state index contributed by atoms with van der Waals surface area (Å²) in [6.07, 6.45) is 6.39. The van der Waals surface area contributed by atoms with E-state index in [1.54, 1.807) is 0 Å². The monoisotopic (exact) mass is 362 g/mol. The van der Waals surface area contributed by atoms with E-state index in [4.69, 9.17) is 0 Å². The Balaban J connectivity index is 0.00000225. The fourth-order valence-corrected chi connectivity index (χ4v) is 3.23. The van der Waals surface area contributed by atoms with Crippen molar-refractivity contribution < 1.29 is 4.79 Å². The molecule has 1 aliphatic rings. The van der Waals surface area contributed by atoms with E-state index >= 15 is 0 Å². The maximum absolute atomic E-state index is 12.4. The lowest BCUT2D eigenvalue weighted by Crippen LogP contribution is -2.49. The lowest BCUT2D eigenvalue weighted by Gasteiger charge is -2.35. The van der Waals surface area contributed by atoms with Crippen molar-refractivity contribution in [3.05, 3.63) is 48.3 Å². The van der Waals surface area contributed by atoms with Gasteiger partial charge < -0.3 is 14.4 Å². The molecule has 0 bridgehead atoms. The second-order valence-corrected chi connectivity index (χ2v) is 6.22. The zero-order chi connectivity index (χ0) is 16.8. The molecular formula is C19H27ClN4O. The maximum atomic E-state index is 12.4. The Morgan fingerprint density at radius 2 is 1.84 bits per heavy atom. The molecule has 1 aromatic carbocycles. The topological polar surface area (TPSA) is 41.4 Å². The molecule has 5 nitrogen and oxygen atoms in total. The van der Waals surface area contributed by atoms with Gasteiger partial charge >= 0.3 is 0 Å². The van der Waals surface area contributed by atoms with E-state index < -0.39 is 0 Å². The Kier molecular flexibility index (Phi) is 7.31. The lowest BCUT2D eigenvalue weighted by atomic mass is 10.1. The summed E-state index contributed by atoms with van der Waals surface area (Å²) in [7, 11) is 0.